The molecule has 0 aliphatic carbocycles. The Bertz CT molecular complexity index is 613. The van der Waals surface area contributed by atoms with Gasteiger partial charge in [-0.05, 0) is 24.6 Å². The topological polar surface area (TPSA) is 55.0 Å². The highest BCUT2D eigenvalue weighted by Crippen LogP contribution is 2.38. The van der Waals surface area contributed by atoms with E-state index in [1.807, 2.05) is 49.4 Å². The van der Waals surface area contributed by atoms with Gasteiger partial charge < -0.3 is 14.4 Å². The first-order valence-electron chi connectivity index (χ1n) is 6.18. The smallest absolute Gasteiger partial charge is 0.244 e. The summed E-state index contributed by atoms with van der Waals surface area (Å²) in [7, 11) is 0. The lowest BCUT2D eigenvalue weighted by atomic mass is 9.87. The number of benzene rings is 1. The van der Waals surface area contributed by atoms with Crippen LogP contribution in [-0.4, -0.2) is 16.6 Å². The van der Waals surface area contributed by atoms with Gasteiger partial charge in [-0.1, -0.05) is 35.5 Å². The van der Waals surface area contributed by atoms with Crippen LogP contribution in [0.15, 0.2) is 52.0 Å². The molecule has 0 saturated carbocycles. The lowest BCUT2D eigenvalue weighted by molar-refractivity contribution is -0.179. The Labute approximate surface area is 111 Å². The molecule has 0 spiro atoms. The molecule has 0 amide bonds. The lowest BCUT2D eigenvalue weighted by Gasteiger charge is -2.23. The maximum Gasteiger partial charge on any atom is 0.244 e. The van der Waals surface area contributed by atoms with E-state index in [0.29, 0.717) is 11.5 Å². The lowest BCUT2D eigenvalue weighted by Crippen LogP contribution is -2.33. The molecule has 1 N–H and O–H groups in total. The van der Waals surface area contributed by atoms with Crippen molar-refractivity contribution in [3.05, 3.63) is 59.5 Å². The minimum atomic E-state index is -1.36. The molecule has 4 heteroatoms. The van der Waals surface area contributed by atoms with Crippen molar-refractivity contribution in [2.24, 2.45) is 5.16 Å². The molecule has 2 unspecified atom stereocenters. The van der Waals surface area contributed by atoms with E-state index in [1.54, 1.807) is 6.92 Å². The summed E-state index contributed by atoms with van der Waals surface area (Å²) in [5.74, 6) is -0.295. The van der Waals surface area contributed by atoms with Crippen LogP contribution < -0.4 is 0 Å². The number of hydrogen-bond acceptors (Lipinski definition) is 4. The van der Waals surface area contributed by atoms with Crippen LogP contribution in [-0.2, 0) is 4.84 Å². The highest BCUT2D eigenvalue weighted by Gasteiger charge is 2.46. The summed E-state index contributed by atoms with van der Waals surface area (Å²) in [6, 6.07) is 13.4. The van der Waals surface area contributed by atoms with E-state index in [4.69, 9.17) is 9.25 Å². The van der Waals surface area contributed by atoms with Crippen LogP contribution in [0.4, 0.5) is 0 Å². The molecule has 1 aliphatic heterocycles. The van der Waals surface area contributed by atoms with Crippen molar-refractivity contribution >= 4 is 5.71 Å². The van der Waals surface area contributed by atoms with Crippen molar-refractivity contribution in [2.75, 3.05) is 0 Å². The summed E-state index contributed by atoms with van der Waals surface area (Å²) in [6.45, 7) is 3.48. The van der Waals surface area contributed by atoms with Crippen molar-refractivity contribution in [2.45, 2.75) is 25.6 Å². The number of nitrogens with zero attached hydrogens (tertiary/aromatic N) is 1. The molecule has 0 bridgehead atoms. The van der Waals surface area contributed by atoms with Gasteiger partial charge in [-0.25, -0.2) is 0 Å². The van der Waals surface area contributed by atoms with Gasteiger partial charge in [0.05, 0.1) is 0 Å². The molecule has 1 aliphatic rings. The first kappa shape index (κ1) is 12.0. The number of aliphatic hydroxyl groups is 1. The quantitative estimate of drug-likeness (QED) is 0.900. The SMILES string of the molecule is Cc1ccc(C2=NOC(C)(O)C2c2ccccc2)o1. The van der Waals surface area contributed by atoms with Crippen molar-refractivity contribution in [3.63, 3.8) is 0 Å². The van der Waals surface area contributed by atoms with Crippen molar-refractivity contribution < 1.29 is 14.4 Å². The molecule has 1 aromatic carbocycles. The molecule has 2 aromatic rings. The van der Waals surface area contributed by atoms with E-state index in [2.05, 4.69) is 5.16 Å². The monoisotopic (exact) mass is 257 g/mol. The molecule has 0 saturated heterocycles. The van der Waals surface area contributed by atoms with E-state index in [-0.39, 0.29) is 5.92 Å². The molecule has 4 nitrogen and oxygen atoms in total. The second-order valence-corrected chi connectivity index (χ2v) is 4.88. The molecule has 98 valence electrons. The Kier molecular flexibility index (Phi) is 2.68. The van der Waals surface area contributed by atoms with Crippen LogP contribution in [0.3, 0.4) is 0 Å². The third-order valence-electron chi connectivity index (χ3n) is 3.26. The average Bonchev–Trinajstić information content (AvgIpc) is 2.93. The Morgan fingerprint density at radius 2 is 1.89 bits per heavy atom. The average molecular weight is 257 g/mol. The van der Waals surface area contributed by atoms with Gasteiger partial charge in [0.1, 0.15) is 17.4 Å². The number of hydrogen-bond donors (Lipinski definition) is 1. The molecule has 19 heavy (non-hydrogen) atoms. The summed E-state index contributed by atoms with van der Waals surface area (Å²) < 4.78 is 5.59. The second kappa shape index (κ2) is 4.24. The van der Waals surface area contributed by atoms with Gasteiger partial charge in [0.15, 0.2) is 5.76 Å². The summed E-state index contributed by atoms with van der Waals surface area (Å²) >= 11 is 0. The van der Waals surface area contributed by atoms with Gasteiger partial charge >= 0.3 is 0 Å². The van der Waals surface area contributed by atoms with Crippen LogP contribution in [0, 0.1) is 6.92 Å². The van der Waals surface area contributed by atoms with Gasteiger partial charge in [0.25, 0.3) is 0 Å². The van der Waals surface area contributed by atoms with E-state index in [1.165, 1.54) is 0 Å². The van der Waals surface area contributed by atoms with E-state index in [9.17, 15) is 5.11 Å². The Balaban J connectivity index is 2.05. The maximum absolute atomic E-state index is 10.4. The van der Waals surface area contributed by atoms with Gasteiger partial charge in [-0.3, -0.25) is 0 Å². The molecule has 0 radical (unpaired) electrons. The predicted molar refractivity (Wildman–Crippen MR) is 70.9 cm³/mol. The van der Waals surface area contributed by atoms with Crippen LogP contribution in [0.1, 0.15) is 29.9 Å². The van der Waals surface area contributed by atoms with Crippen LogP contribution >= 0.6 is 0 Å². The molecule has 3 rings (SSSR count). The van der Waals surface area contributed by atoms with Gasteiger partial charge in [-0.2, -0.15) is 0 Å². The highest BCUT2D eigenvalue weighted by atomic mass is 16.7. The first-order valence-corrected chi connectivity index (χ1v) is 6.18. The van der Waals surface area contributed by atoms with Crippen LogP contribution in [0.25, 0.3) is 0 Å². The van der Waals surface area contributed by atoms with E-state index < -0.39 is 5.79 Å². The fourth-order valence-corrected chi connectivity index (χ4v) is 2.37. The van der Waals surface area contributed by atoms with E-state index >= 15 is 0 Å². The fourth-order valence-electron chi connectivity index (χ4n) is 2.37. The Morgan fingerprint density at radius 3 is 2.53 bits per heavy atom. The largest absolute Gasteiger partial charge is 0.460 e. The van der Waals surface area contributed by atoms with Gasteiger partial charge in [-0.15, -0.1) is 0 Å². The molecule has 2 heterocycles. The maximum atomic E-state index is 10.4. The number of oxime groups is 1. The fraction of sp³-hybridized carbons (Fsp3) is 0.267. The summed E-state index contributed by atoms with van der Waals surface area (Å²) in [5, 5.41) is 14.4. The van der Waals surface area contributed by atoms with Gasteiger partial charge in [0, 0.05) is 6.92 Å². The second-order valence-electron chi connectivity index (χ2n) is 4.88. The normalized spacial score (nSPS) is 26.1. The van der Waals surface area contributed by atoms with Crippen LogP contribution in [0.5, 0.6) is 0 Å². The zero-order valence-electron chi connectivity index (χ0n) is 10.8. The predicted octanol–water partition coefficient (Wildman–Crippen LogP) is 2.81. The first-order chi connectivity index (χ1) is 9.08. The van der Waals surface area contributed by atoms with Crippen molar-refractivity contribution in [1.82, 2.24) is 0 Å². The molecule has 0 fully saturated rings. The third-order valence-corrected chi connectivity index (χ3v) is 3.26. The van der Waals surface area contributed by atoms with Gasteiger partial charge in [0.2, 0.25) is 5.79 Å². The van der Waals surface area contributed by atoms with E-state index in [0.717, 1.165) is 11.3 Å². The summed E-state index contributed by atoms with van der Waals surface area (Å²) in [4.78, 5) is 5.17. The summed E-state index contributed by atoms with van der Waals surface area (Å²) in [5.41, 5.74) is 1.56. The molecular formula is C15H15NO3. The van der Waals surface area contributed by atoms with Crippen molar-refractivity contribution in [3.8, 4) is 0 Å². The Morgan fingerprint density at radius 1 is 1.16 bits per heavy atom. The third kappa shape index (κ3) is 2.04. The zero-order chi connectivity index (χ0) is 13.5. The molecule has 1 aromatic heterocycles. The molecular weight excluding hydrogens is 242 g/mol. The highest BCUT2D eigenvalue weighted by molar-refractivity contribution is 6.04. The standard InChI is InChI=1S/C15H15NO3/c1-10-8-9-12(18-10)14-13(15(2,17)19-16-14)11-6-4-3-5-7-11/h3-9,13,17H,1-2H3. The number of aryl methyl sites for hydroxylation is 1. The minimum Gasteiger partial charge on any atom is -0.460 e. The zero-order valence-corrected chi connectivity index (χ0v) is 10.8. The van der Waals surface area contributed by atoms with Crippen molar-refractivity contribution in [1.29, 1.82) is 0 Å². The Hall–Kier alpha value is -2.07. The number of furan rings is 1. The summed E-state index contributed by atoms with van der Waals surface area (Å²) in [6.07, 6.45) is 0. The molecule has 2 atom stereocenters. The number of rotatable bonds is 2. The minimum absolute atomic E-state index is 0.362. The van der Waals surface area contributed by atoms with Crippen LogP contribution in [0.2, 0.25) is 0 Å².